The van der Waals surface area contributed by atoms with Gasteiger partial charge in [-0.05, 0) is 32.4 Å². The van der Waals surface area contributed by atoms with Crippen molar-refractivity contribution in [3.05, 3.63) is 50.4 Å². The van der Waals surface area contributed by atoms with Crippen molar-refractivity contribution in [3.63, 3.8) is 0 Å². The van der Waals surface area contributed by atoms with Gasteiger partial charge in [0.25, 0.3) is 0 Å². The zero-order valence-electron chi connectivity index (χ0n) is 14.7. The molecule has 140 valence electrons. The number of rotatable bonds is 5. The van der Waals surface area contributed by atoms with Gasteiger partial charge in [-0.15, -0.1) is 11.3 Å². The summed E-state index contributed by atoms with van der Waals surface area (Å²) in [5, 5.41) is 14.7. The number of ether oxygens (including phenoxy) is 1. The Kier molecular flexibility index (Phi) is 5.00. The van der Waals surface area contributed by atoms with Gasteiger partial charge in [-0.1, -0.05) is 0 Å². The molecule has 8 nitrogen and oxygen atoms in total. The number of halogens is 1. The van der Waals surface area contributed by atoms with Gasteiger partial charge >= 0.3 is 11.7 Å². The molecule has 0 aliphatic rings. The zero-order chi connectivity index (χ0) is 19.7. The molecule has 0 spiro atoms. The second-order valence-corrected chi connectivity index (χ2v) is 6.98. The van der Waals surface area contributed by atoms with E-state index in [0.717, 1.165) is 38.9 Å². The molecule has 2 heterocycles. The maximum absolute atomic E-state index is 13.3. The minimum Gasteiger partial charge on any atom is -0.418 e. The number of nitrogens with one attached hydrogen (secondary N) is 1. The van der Waals surface area contributed by atoms with Gasteiger partial charge in [-0.3, -0.25) is 10.1 Å². The van der Waals surface area contributed by atoms with E-state index in [-0.39, 0.29) is 6.54 Å². The van der Waals surface area contributed by atoms with Gasteiger partial charge in [0, 0.05) is 17.0 Å². The molecule has 0 aliphatic carbocycles. The molecule has 2 aromatic heterocycles. The Morgan fingerprint density at radius 1 is 1.33 bits per heavy atom. The van der Waals surface area contributed by atoms with Crippen molar-refractivity contribution in [2.45, 2.75) is 20.8 Å². The lowest BCUT2D eigenvalue weighted by molar-refractivity contribution is -0.385. The van der Waals surface area contributed by atoms with E-state index in [1.54, 1.807) is 6.92 Å². The van der Waals surface area contributed by atoms with Gasteiger partial charge in [-0.2, -0.15) is 0 Å². The highest BCUT2D eigenvalue weighted by atomic mass is 32.1. The Morgan fingerprint density at radius 2 is 2.07 bits per heavy atom. The van der Waals surface area contributed by atoms with E-state index in [1.165, 1.54) is 11.3 Å². The summed E-state index contributed by atoms with van der Waals surface area (Å²) in [6, 6.07) is 2.67. The topological polar surface area (TPSA) is 107 Å². The molecule has 0 saturated carbocycles. The summed E-state index contributed by atoms with van der Waals surface area (Å²) in [5.41, 5.74) is 0.515. The lowest BCUT2D eigenvalue weighted by Crippen LogP contribution is -2.21. The minimum atomic E-state index is -0.808. The van der Waals surface area contributed by atoms with Crippen LogP contribution in [0.25, 0.3) is 10.2 Å². The number of esters is 1. The standard InChI is InChI=1S/C17H15FN4O4S/c1-8-9(2)27-17-15(8)16(20-10(3)21-17)19-7-14(23)26-13-6-11(18)4-5-12(13)22(24)25/h4-6H,7H2,1-3H3,(H,19,20,21). The molecule has 0 fully saturated rings. The van der Waals surface area contributed by atoms with E-state index in [2.05, 4.69) is 15.3 Å². The number of nitro benzene ring substituents is 1. The number of nitro groups is 1. The first-order chi connectivity index (χ1) is 12.8. The third-order valence-corrected chi connectivity index (χ3v) is 4.98. The number of fused-ring (bicyclic) bond motifs is 1. The quantitative estimate of drug-likeness (QED) is 0.306. The van der Waals surface area contributed by atoms with Crippen LogP contribution >= 0.6 is 11.3 Å². The summed E-state index contributed by atoms with van der Waals surface area (Å²) in [7, 11) is 0. The molecule has 3 aromatic rings. The van der Waals surface area contributed by atoms with E-state index in [9.17, 15) is 19.3 Å². The van der Waals surface area contributed by atoms with E-state index in [1.807, 2.05) is 13.8 Å². The SMILES string of the molecule is Cc1nc(NCC(=O)Oc2cc(F)ccc2[N+](=O)[O-])c2c(C)c(C)sc2n1. The van der Waals surface area contributed by atoms with Crippen LogP contribution in [0.3, 0.4) is 0 Å². The summed E-state index contributed by atoms with van der Waals surface area (Å²) in [4.78, 5) is 32.9. The molecule has 0 unspecified atom stereocenters. The maximum Gasteiger partial charge on any atom is 0.331 e. The molecule has 0 saturated heterocycles. The lowest BCUT2D eigenvalue weighted by Gasteiger charge is -2.09. The van der Waals surface area contributed by atoms with Gasteiger partial charge in [0.15, 0.2) is 0 Å². The highest BCUT2D eigenvalue weighted by Gasteiger charge is 2.20. The van der Waals surface area contributed by atoms with Crippen molar-refractivity contribution in [2.75, 3.05) is 11.9 Å². The van der Waals surface area contributed by atoms with Crippen LogP contribution in [-0.2, 0) is 4.79 Å². The van der Waals surface area contributed by atoms with Crippen molar-refractivity contribution in [3.8, 4) is 5.75 Å². The van der Waals surface area contributed by atoms with E-state index < -0.39 is 28.1 Å². The van der Waals surface area contributed by atoms with Crippen LogP contribution in [0.1, 0.15) is 16.3 Å². The highest BCUT2D eigenvalue weighted by molar-refractivity contribution is 7.18. The maximum atomic E-state index is 13.3. The first-order valence-corrected chi connectivity index (χ1v) is 8.70. The number of benzene rings is 1. The fourth-order valence-corrected chi connectivity index (χ4v) is 3.59. The third-order valence-electron chi connectivity index (χ3n) is 3.88. The molecule has 1 N–H and O–H groups in total. The van der Waals surface area contributed by atoms with Gasteiger partial charge in [0.05, 0.1) is 10.3 Å². The lowest BCUT2D eigenvalue weighted by atomic mass is 10.2. The predicted molar refractivity (Wildman–Crippen MR) is 98.8 cm³/mol. The number of aryl methyl sites for hydroxylation is 3. The number of hydrogen-bond acceptors (Lipinski definition) is 8. The van der Waals surface area contributed by atoms with Crippen LogP contribution in [-0.4, -0.2) is 27.4 Å². The molecular formula is C17H15FN4O4S. The smallest absolute Gasteiger partial charge is 0.331 e. The summed E-state index contributed by atoms with van der Waals surface area (Å²) in [5.74, 6) is -0.976. The molecule has 10 heteroatoms. The molecule has 0 radical (unpaired) electrons. The van der Waals surface area contributed by atoms with Crippen LogP contribution in [0.15, 0.2) is 18.2 Å². The third kappa shape index (κ3) is 3.85. The van der Waals surface area contributed by atoms with Crippen LogP contribution in [0.2, 0.25) is 0 Å². The fourth-order valence-electron chi connectivity index (χ4n) is 2.52. The Bertz CT molecular complexity index is 1070. The minimum absolute atomic E-state index is 0.298. The number of carbonyl (C=O) groups is 1. The molecule has 0 amide bonds. The zero-order valence-corrected chi connectivity index (χ0v) is 15.5. The highest BCUT2D eigenvalue weighted by Crippen LogP contribution is 2.33. The van der Waals surface area contributed by atoms with Crippen molar-refractivity contribution < 1.29 is 18.8 Å². The van der Waals surface area contributed by atoms with Crippen molar-refractivity contribution in [1.29, 1.82) is 0 Å². The largest absolute Gasteiger partial charge is 0.418 e. The van der Waals surface area contributed by atoms with Crippen LogP contribution in [0, 0.1) is 36.7 Å². The van der Waals surface area contributed by atoms with Gasteiger partial charge in [-0.25, -0.2) is 19.2 Å². The number of aromatic nitrogens is 2. The van der Waals surface area contributed by atoms with Crippen LogP contribution < -0.4 is 10.1 Å². The normalized spacial score (nSPS) is 10.8. The molecule has 27 heavy (non-hydrogen) atoms. The van der Waals surface area contributed by atoms with Gasteiger partial charge < -0.3 is 10.1 Å². The number of thiophene rings is 1. The summed E-state index contributed by atoms with van der Waals surface area (Å²) < 4.78 is 18.3. The number of nitrogens with zero attached hydrogens (tertiary/aromatic N) is 3. The van der Waals surface area contributed by atoms with Gasteiger partial charge in [0.2, 0.25) is 5.75 Å². The monoisotopic (exact) mass is 390 g/mol. The summed E-state index contributed by atoms with van der Waals surface area (Å²) >= 11 is 1.53. The molecule has 0 bridgehead atoms. The van der Waals surface area contributed by atoms with Crippen molar-refractivity contribution >= 4 is 39.0 Å². The molecule has 0 aliphatic heterocycles. The Labute approximate surface area is 157 Å². The predicted octanol–water partition coefficient (Wildman–Crippen LogP) is 3.68. The van der Waals surface area contributed by atoms with E-state index in [4.69, 9.17) is 4.74 Å². The molecule has 0 atom stereocenters. The molecule has 1 aromatic carbocycles. The summed E-state index contributed by atoms with van der Waals surface area (Å²) in [6.07, 6.45) is 0. The number of carbonyl (C=O) groups excluding carboxylic acids is 1. The van der Waals surface area contributed by atoms with Crippen molar-refractivity contribution in [1.82, 2.24) is 9.97 Å². The molecular weight excluding hydrogens is 375 g/mol. The Hall–Kier alpha value is -3.14. The Balaban J connectivity index is 1.80. The van der Waals surface area contributed by atoms with Gasteiger partial charge in [0.1, 0.15) is 28.8 Å². The first-order valence-electron chi connectivity index (χ1n) is 7.89. The molecule has 3 rings (SSSR count). The average molecular weight is 390 g/mol. The van der Waals surface area contributed by atoms with E-state index >= 15 is 0 Å². The first kappa shape index (κ1) is 18.6. The van der Waals surface area contributed by atoms with E-state index in [0.29, 0.717) is 11.6 Å². The summed E-state index contributed by atoms with van der Waals surface area (Å²) in [6.45, 7) is 5.35. The average Bonchev–Trinajstić information content (AvgIpc) is 2.86. The number of anilines is 1. The van der Waals surface area contributed by atoms with Crippen molar-refractivity contribution in [2.24, 2.45) is 0 Å². The number of hydrogen-bond donors (Lipinski definition) is 1. The van der Waals surface area contributed by atoms with Crippen LogP contribution in [0.5, 0.6) is 5.75 Å². The fraction of sp³-hybridized carbons (Fsp3) is 0.235. The Morgan fingerprint density at radius 3 is 2.78 bits per heavy atom. The second kappa shape index (κ2) is 7.23. The second-order valence-electron chi connectivity index (χ2n) is 5.78. The van der Waals surface area contributed by atoms with Crippen LogP contribution in [0.4, 0.5) is 15.9 Å².